The third-order valence-electron chi connectivity index (χ3n) is 5.79. The molecule has 0 saturated carbocycles. The van der Waals surface area contributed by atoms with Gasteiger partial charge in [-0.25, -0.2) is 14.2 Å². The molecule has 0 aliphatic carbocycles. The van der Waals surface area contributed by atoms with Crippen LogP contribution in [0, 0.1) is 5.82 Å². The average Bonchev–Trinajstić information content (AvgIpc) is 3.34. The molecule has 2 fully saturated rings. The number of carbonyl (C=O) groups excluding carboxylic acids is 1. The Hall–Kier alpha value is -3.29. The predicted octanol–water partition coefficient (Wildman–Crippen LogP) is 3.09. The van der Waals surface area contributed by atoms with Gasteiger partial charge in [-0.2, -0.15) is 0 Å². The van der Waals surface area contributed by atoms with E-state index in [-0.39, 0.29) is 11.8 Å². The van der Waals surface area contributed by atoms with Crippen molar-refractivity contribution in [3.63, 3.8) is 0 Å². The summed E-state index contributed by atoms with van der Waals surface area (Å²) in [5.74, 6) is 0.295. The number of hydrogen-bond donors (Lipinski definition) is 2. The van der Waals surface area contributed by atoms with Crippen LogP contribution in [0.2, 0.25) is 0 Å². The maximum atomic E-state index is 13.1. The Balaban J connectivity index is 1.29. The summed E-state index contributed by atoms with van der Waals surface area (Å²) in [6.45, 7) is 5.23. The van der Waals surface area contributed by atoms with Crippen LogP contribution in [0.3, 0.4) is 0 Å². The van der Waals surface area contributed by atoms with Crippen molar-refractivity contribution in [1.29, 1.82) is 0 Å². The van der Waals surface area contributed by atoms with Crippen molar-refractivity contribution in [2.45, 2.75) is 19.4 Å². The zero-order valence-electron chi connectivity index (χ0n) is 17.6. The van der Waals surface area contributed by atoms with E-state index < -0.39 is 0 Å². The minimum atomic E-state index is -0.224. The molecule has 2 aliphatic rings. The number of amides is 2. The normalized spacial score (nSPS) is 17.2. The summed E-state index contributed by atoms with van der Waals surface area (Å²) in [5, 5.41) is 2.97. The van der Waals surface area contributed by atoms with Crippen LogP contribution in [0.5, 0.6) is 0 Å². The van der Waals surface area contributed by atoms with Gasteiger partial charge in [0.15, 0.2) is 5.96 Å². The predicted molar refractivity (Wildman–Crippen MR) is 122 cm³/mol. The van der Waals surface area contributed by atoms with Gasteiger partial charge in [0, 0.05) is 50.6 Å². The number of nitrogens with two attached hydrogens (primary N) is 1. The van der Waals surface area contributed by atoms with E-state index in [1.54, 1.807) is 12.1 Å². The topological polar surface area (TPSA) is 77.2 Å². The second-order valence-corrected chi connectivity index (χ2v) is 7.95. The third kappa shape index (κ3) is 5.45. The van der Waals surface area contributed by atoms with E-state index in [4.69, 9.17) is 5.73 Å². The van der Waals surface area contributed by atoms with Gasteiger partial charge in [-0.15, -0.1) is 0 Å². The number of rotatable bonds is 4. The van der Waals surface area contributed by atoms with E-state index >= 15 is 0 Å². The molecular weight excluding hydrogens is 395 g/mol. The summed E-state index contributed by atoms with van der Waals surface area (Å²) in [4.78, 5) is 23.0. The van der Waals surface area contributed by atoms with E-state index in [0.29, 0.717) is 12.5 Å². The molecule has 0 unspecified atom stereocenters. The van der Waals surface area contributed by atoms with Gasteiger partial charge in [-0.1, -0.05) is 12.1 Å². The van der Waals surface area contributed by atoms with Crippen LogP contribution in [-0.4, -0.2) is 61.1 Å². The molecule has 0 atom stereocenters. The first-order valence-electron chi connectivity index (χ1n) is 10.8. The lowest BCUT2D eigenvalue weighted by molar-refractivity contribution is 0.222. The van der Waals surface area contributed by atoms with Gasteiger partial charge in [0.25, 0.3) is 0 Å². The molecule has 4 rings (SSSR count). The van der Waals surface area contributed by atoms with E-state index in [2.05, 4.69) is 20.1 Å². The Labute approximate surface area is 182 Å². The molecule has 0 bridgehead atoms. The number of likely N-dealkylation sites (tertiary alicyclic amines) is 1. The van der Waals surface area contributed by atoms with Gasteiger partial charge in [0.1, 0.15) is 5.82 Å². The molecule has 31 heavy (non-hydrogen) atoms. The Morgan fingerprint density at radius 3 is 2.39 bits per heavy atom. The van der Waals surface area contributed by atoms with Crippen LogP contribution in [-0.2, 0) is 6.54 Å². The molecule has 2 aliphatic heterocycles. The maximum absolute atomic E-state index is 13.1. The van der Waals surface area contributed by atoms with Crippen LogP contribution in [0.1, 0.15) is 18.4 Å². The van der Waals surface area contributed by atoms with Crippen molar-refractivity contribution in [3.8, 4) is 0 Å². The number of halogens is 1. The smallest absolute Gasteiger partial charge is 0.321 e. The van der Waals surface area contributed by atoms with Crippen LogP contribution >= 0.6 is 0 Å². The summed E-state index contributed by atoms with van der Waals surface area (Å²) in [6, 6.07) is 14.3. The van der Waals surface area contributed by atoms with Crippen molar-refractivity contribution in [3.05, 3.63) is 59.9 Å². The second-order valence-electron chi connectivity index (χ2n) is 7.95. The van der Waals surface area contributed by atoms with Crippen molar-refractivity contribution >= 4 is 23.4 Å². The first-order chi connectivity index (χ1) is 15.1. The second kappa shape index (κ2) is 9.68. The first kappa shape index (κ1) is 21.0. The van der Waals surface area contributed by atoms with Crippen molar-refractivity contribution in [2.24, 2.45) is 10.7 Å². The molecule has 2 aromatic carbocycles. The molecule has 3 N–H and O–H groups in total. The van der Waals surface area contributed by atoms with Gasteiger partial charge < -0.3 is 25.8 Å². The Kier molecular flexibility index (Phi) is 6.54. The fourth-order valence-corrected chi connectivity index (χ4v) is 3.99. The highest BCUT2D eigenvalue weighted by molar-refractivity contribution is 5.89. The van der Waals surface area contributed by atoms with Gasteiger partial charge in [0.05, 0.1) is 6.54 Å². The van der Waals surface area contributed by atoms with Crippen molar-refractivity contribution in [1.82, 2.24) is 9.80 Å². The number of hydrogen-bond acceptors (Lipinski definition) is 3. The zero-order valence-corrected chi connectivity index (χ0v) is 17.6. The van der Waals surface area contributed by atoms with Crippen LogP contribution in [0.25, 0.3) is 0 Å². The Morgan fingerprint density at radius 2 is 1.68 bits per heavy atom. The van der Waals surface area contributed by atoms with Crippen LogP contribution in [0.4, 0.5) is 20.6 Å². The van der Waals surface area contributed by atoms with Crippen molar-refractivity contribution < 1.29 is 9.18 Å². The Bertz CT molecular complexity index is 918. The maximum Gasteiger partial charge on any atom is 0.321 e. The van der Waals surface area contributed by atoms with Gasteiger partial charge in [-0.3, -0.25) is 0 Å². The number of urea groups is 1. The van der Waals surface area contributed by atoms with E-state index in [0.717, 1.165) is 69.0 Å². The molecular formula is C23H29FN6O. The summed E-state index contributed by atoms with van der Waals surface area (Å²) in [6.07, 6.45) is 2.14. The summed E-state index contributed by atoms with van der Waals surface area (Å²) in [5.41, 5.74) is 9.02. The monoisotopic (exact) mass is 424 g/mol. The zero-order chi connectivity index (χ0) is 21.6. The van der Waals surface area contributed by atoms with Crippen LogP contribution in [0.15, 0.2) is 53.5 Å². The molecule has 2 amide bonds. The summed E-state index contributed by atoms with van der Waals surface area (Å²) < 4.78 is 13.1. The minimum Gasteiger partial charge on any atom is -0.370 e. The SMILES string of the molecule is NC(=NCc1cccc(NC(=O)N2CCCC2)c1)N1CCN(c2ccc(F)cc2)CC1. The molecule has 7 nitrogen and oxygen atoms in total. The highest BCUT2D eigenvalue weighted by Crippen LogP contribution is 2.18. The van der Waals surface area contributed by atoms with E-state index in [1.165, 1.54) is 12.1 Å². The number of piperazine rings is 1. The van der Waals surface area contributed by atoms with E-state index in [1.807, 2.05) is 29.2 Å². The molecule has 164 valence electrons. The molecule has 2 aromatic rings. The lowest BCUT2D eigenvalue weighted by atomic mass is 10.2. The quantitative estimate of drug-likeness (QED) is 0.584. The number of benzene rings is 2. The Morgan fingerprint density at radius 1 is 0.968 bits per heavy atom. The molecule has 0 spiro atoms. The lowest BCUT2D eigenvalue weighted by Crippen LogP contribution is -2.51. The lowest BCUT2D eigenvalue weighted by Gasteiger charge is -2.36. The highest BCUT2D eigenvalue weighted by atomic mass is 19.1. The fraction of sp³-hybridized carbons (Fsp3) is 0.391. The molecule has 0 aromatic heterocycles. The number of anilines is 2. The molecule has 2 saturated heterocycles. The van der Waals surface area contributed by atoms with Gasteiger partial charge in [-0.05, 0) is 54.8 Å². The van der Waals surface area contributed by atoms with Gasteiger partial charge in [0.2, 0.25) is 0 Å². The number of carbonyl (C=O) groups is 1. The van der Waals surface area contributed by atoms with E-state index in [9.17, 15) is 9.18 Å². The number of guanidine groups is 1. The fourth-order valence-electron chi connectivity index (χ4n) is 3.99. The standard InChI is InChI=1S/C23H29FN6O/c24-19-6-8-21(9-7-19)28-12-14-29(15-13-28)22(25)26-17-18-4-3-5-20(16-18)27-23(31)30-10-1-2-11-30/h3-9,16H,1-2,10-15,17H2,(H2,25,26)(H,27,31). The van der Waals surface area contributed by atoms with Gasteiger partial charge >= 0.3 is 6.03 Å². The largest absolute Gasteiger partial charge is 0.370 e. The first-order valence-corrected chi connectivity index (χ1v) is 10.8. The number of nitrogens with zero attached hydrogens (tertiary/aromatic N) is 4. The third-order valence-corrected chi connectivity index (χ3v) is 5.79. The highest BCUT2D eigenvalue weighted by Gasteiger charge is 2.19. The number of aliphatic imine (C=N–C) groups is 1. The number of nitrogens with one attached hydrogen (secondary N) is 1. The summed E-state index contributed by atoms with van der Waals surface area (Å²) >= 11 is 0. The molecule has 2 heterocycles. The molecule has 8 heteroatoms. The minimum absolute atomic E-state index is 0.0447. The average molecular weight is 425 g/mol. The summed E-state index contributed by atoms with van der Waals surface area (Å²) in [7, 11) is 0. The molecule has 0 radical (unpaired) electrons. The van der Waals surface area contributed by atoms with Crippen molar-refractivity contribution in [2.75, 3.05) is 49.5 Å². The van der Waals surface area contributed by atoms with Crippen LogP contribution < -0.4 is 16.0 Å².